The van der Waals surface area contributed by atoms with Crippen LogP contribution in [0.2, 0.25) is 0 Å². The van der Waals surface area contributed by atoms with Gasteiger partial charge in [-0.3, -0.25) is 0 Å². The maximum Gasteiger partial charge on any atom is 0.105 e. The number of thiazole rings is 1. The van der Waals surface area contributed by atoms with E-state index in [-0.39, 0.29) is 0 Å². The summed E-state index contributed by atoms with van der Waals surface area (Å²) in [6, 6.07) is 2.34. The SMILES string of the molecule is CCNC(Cc1nc(C)cs1)c1ccoc1C. The maximum absolute atomic E-state index is 5.38. The molecular weight excluding hydrogens is 232 g/mol. The van der Waals surface area contributed by atoms with Crippen LogP contribution in [0.25, 0.3) is 0 Å². The van der Waals surface area contributed by atoms with Gasteiger partial charge in [-0.05, 0) is 26.5 Å². The van der Waals surface area contributed by atoms with Crippen LogP contribution in [0.3, 0.4) is 0 Å². The van der Waals surface area contributed by atoms with Gasteiger partial charge in [-0.15, -0.1) is 11.3 Å². The topological polar surface area (TPSA) is 38.1 Å². The summed E-state index contributed by atoms with van der Waals surface area (Å²) in [7, 11) is 0. The lowest BCUT2D eigenvalue weighted by molar-refractivity contribution is 0.501. The van der Waals surface area contributed by atoms with E-state index in [4.69, 9.17) is 4.42 Å². The van der Waals surface area contributed by atoms with Crippen molar-refractivity contribution in [2.75, 3.05) is 6.54 Å². The molecule has 0 saturated carbocycles. The Bertz CT molecular complexity index is 475. The van der Waals surface area contributed by atoms with E-state index >= 15 is 0 Å². The van der Waals surface area contributed by atoms with E-state index in [2.05, 4.69) is 22.6 Å². The van der Waals surface area contributed by atoms with Crippen molar-refractivity contribution in [2.45, 2.75) is 33.2 Å². The van der Waals surface area contributed by atoms with Gasteiger partial charge in [0.1, 0.15) is 5.76 Å². The molecule has 0 aliphatic heterocycles. The Morgan fingerprint density at radius 1 is 1.47 bits per heavy atom. The monoisotopic (exact) mass is 250 g/mol. The molecule has 0 aromatic carbocycles. The van der Waals surface area contributed by atoms with Gasteiger partial charge < -0.3 is 9.73 Å². The predicted molar refractivity (Wildman–Crippen MR) is 70.4 cm³/mol. The van der Waals surface area contributed by atoms with Crippen molar-refractivity contribution in [3.63, 3.8) is 0 Å². The van der Waals surface area contributed by atoms with E-state index in [0.717, 1.165) is 24.4 Å². The molecule has 92 valence electrons. The third-order valence-electron chi connectivity index (χ3n) is 2.77. The zero-order valence-electron chi connectivity index (χ0n) is 10.5. The number of aromatic nitrogens is 1. The van der Waals surface area contributed by atoms with Crippen LogP contribution < -0.4 is 5.32 Å². The fraction of sp³-hybridized carbons (Fsp3) is 0.462. The van der Waals surface area contributed by atoms with Crippen molar-refractivity contribution in [1.82, 2.24) is 10.3 Å². The summed E-state index contributed by atoms with van der Waals surface area (Å²) in [6.45, 7) is 7.10. The summed E-state index contributed by atoms with van der Waals surface area (Å²) in [6.07, 6.45) is 2.68. The normalized spacial score (nSPS) is 12.9. The summed E-state index contributed by atoms with van der Waals surface area (Å²) < 4.78 is 5.38. The van der Waals surface area contributed by atoms with Crippen molar-refractivity contribution in [3.05, 3.63) is 39.7 Å². The molecule has 0 aliphatic carbocycles. The van der Waals surface area contributed by atoms with Gasteiger partial charge in [0.15, 0.2) is 0 Å². The molecule has 17 heavy (non-hydrogen) atoms. The predicted octanol–water partition coefficient (Wildman–Crippen LogP) is 3.25. The molecular formula is C13H18N2OS. The molecule has 0 spiro atoms. The van der Waals surface area contributed by atoms with Crippen LogP contribution in [-0.2, 0) is 6.42 Å². The van der Waals surface area contributed by atoms with Crippen molar-refractivity contribution in [3.8, 4) is 0 Å². The quantitative estimate of drug-likeness (QED) is 0.885. The molecule has 0 amide bonds. The number of hydrogen-bond acceptors (Lipinski definition) is 4. The van der Waals surface area contributed by atoms with E-state index in [9.17, 15) is 0 Å². The van der Waals surface area contributed by atoms with Crippen LogP contribution >= 0.6 is 11.3 Å². The first kappa shape index (κ1) is 12.3. The number of nitrogens with zero attached hydrogens (tertiary/aromatic N) is 1. The first-order valence-corrected chi connectivity index (χ1v) is 6.77. The summed E-state index contributed by atoms with van der Waals surface area (Å²) >= 11 is 1.73. The minimum absolute atomic E-state index is 0.296. The Hall–Kier alpha value is -1.13. The number of nitrogens with one attached hydrogen (secondary N) is 1. The molecule has 1 N–H and O–H groups in total. The molecule has 4 heteroatoms. The fourth-order valence-corrected chi connectivity index (χ4v) is 2.78. The number of likely N-dealkylation sites (N-methyl/N-ethyl adjacent to an activating group) is 1. The highest BCUT2D eigenvalue weighted by molar-refractivity contribution is 7.09. The van der Waals surface area contributed by atoms with Gasteiger partial charge in [0.05, 0.1) is 11.3 Å². The number of rotatable bonds is 5. The largest absolute Gasteiger partial charge is 0.469 e. The van der Waals surface area contributed by atoms with Gasteiger partial charge in [-0.1, -0.05) is 6.92 Å². The molecule has 2 heterocycles. The highest BCUT2D eigenvalue weighted by atomic mass is 32.1. The second kappa shape index (κ2) is 5.47. The standard InChI is InChI=1S/C13H18N2OS/c1-4-14-12(11-5-6-16-10(11)3)7-13-15-9(2)8-17-13/h5-6,8,12,14H,4,7H2,1-3H3. The Morgan fingerprint density at radius 2 is 2.29 bits per heavy atom. The van der Waals surface area contributed by atoms with Crippen LogP contribution in [0.5, 0.6) is 0 Å². The molecule has 1 atom stereocenters. The average Bonchev–Trinajstić information content (AvgIpc) is 2.87. The summed E-state index contributed by atoms with van der Waals surface area (Å²) in [4.78, 5) is 4.52. The molecule has 0 radical (unpaired) electrons. The third-order valence-corrected chi connectivity index (χ3v) is 3.76. The second-order valence-electron chi connectivity index (χ2n) is 4.13. The molecule has 3 nitrogen and oxygen atoms in total. The minimum Gasteiger partial charge on any atom is -0.469 e. The van der Waals surface area contributed by atoms with Crippen LogP contribution in [0, 0.1) is 13.8 Å². The van der Waals surface area contributed by atoms with E-state index in [1.807, 2.05) is 19.9 Å². The number of hydrogen-bond donors (Lipinski definition) is 1. The molecule has 2 aromatic rings. The van der Waals surface area contributed by atoms with Gasteiger partial charge in [0.25, 0.3) is 0 Å². The Kier molecular flexibility index (Phi) is 3.97. The molecule has 2 rings (SSSR count). The Morgan fingerprint density at radius 3 is 2.82 bits per heavy atom. The Balaban J connectivity index is 2.15. The van der Waals surface area contributed by atoms with Gasteiger partial charge >= 0.3 is 0 Å². The van der Waals surface area contributed by atoms with E-state index in [0.29, 0.717) is 6.04 Å². The zero-order chi connectivity index (χ0) is 12.3. The van der Waals surface area contributed by atoms with Crippen molar-refractivity contribution >= 4 is 11.3 Å². The average molecular weight is 250 g/mol. The van der Waals surface area contributed by atoms with Gasteiger partial charge in [0.2, 0.25) is 0 Å². The molecule has 0 aliphatic rings. The Labute approximate surface area is 106 Å². The molecule has 1 unspecified atom stereocenters. The fourth-order valence-electron chi connectivity index (χ4n) is 1.97. The number of furan rings is 1. The van der Waals surface area contributed by atoms with Crippen molar-refractivity contribution < 1.29 is 4.42 Å². The second-order valence-corrected chi connectivity index (χ2v) is 5.07. The molecule has 0 bridgehead atoms. The number of aryl methyl sites for hydroxylation is 2. The lowest BCUT2D eigenvalue weighted by Crippen LogP contribution is -2.23. The third kappa shape index (κ3) is 2.96. The van der Waals surface area contributed by atoms with E-state index in [1.54, 1.807) is 17.6 Å². The van der Waals surface area contributed by atoms with E-state index in [1.165, 1.54) is 10.6 Å². The van der Waals surface area contributed by atoms with Gasteiger partial charge in [-0.2, -0.15) is 0 Å². The maximum atomic E-state index is 5.38. The van der Waals surface area contributed by atoms with Crippen molar-refractivity contribution in [2.24, 2.45) is 0 Å². The molecule has 2 aromatic heterocycles. The van der Waals surface area contributed by atoms with Crippen molar-refractivity contribution in [1.29, 1.82) is 0 Å². The van der Waals surface area contributed by atoms with Gasteiger partial charge in [-0.25, -0.2) is 4.98 Å². The smallest absolute Gasteiger partial charge is 0.105 e. The summed E-state index contributed by atoms with van der Waals surface area (Å²) in [5.41, 5.74) is 2.34. The van der Waals surface area contributed by atoms with Gasteiger partial charge in [0, 0.05) is 29.1 Å². The first-order valence-electron chi connectivity index (χ1n) is 5.89. The summed E-state index contributed by atoms with van der Waals surface area (Å²) in [5.74, 6) is 0.990. The van der Waals surface area contributed by atoms with Crippen LogP contribution in [0.4, 0.5) is 0 Å². The van der Waals surface area contributed by atoms with E-state index < -0.39 is 0 Å². The molecule has 0 saturated heterocycles. The molecule has 0 fully saturated rings. The highest BCUT2D eigenvalue weighted by Crippen LogP contribution is 2.24. The zero-order valence-corrected chi connectivity index (χ0v) is 11.3. The lowest BCUT2D eigenvalue weighted by atomic mass is 10.1. The highest BCUT2D eigenvalue weighted by Gasteiger charge is 2.16. The first-order chi connectivity index (χ1) is 8.20. The van der Waals surface area contributed by atoms with Crippen LogP contribution in [-0.4, -0.2) is 11.5 Å². The summed E-state index contributed by atoms with van der Waals surface area (Å²) in [5, 5.41) is 6.76. The minimum atomic E-state index is 0.296. The van der Waals surface area contributed by atoms with Crippen LogP contribution in [0.15, 0.2) is 22.1 Å². The lowest BCUT2D eigenvalue weighted by Gasteiger charge is -2.15. The van der Waals surface area contributed by atoms with Crippen LogP contribution in [0.1, 0.15) is 35.0 Å².